The zero-order chi connectivity index (χ0) is 24.4. The van der Waals surface area contributed by atoms with Crippen molar-refractivity contribution < 1.29 is 23.9 Å². The second kappa shape index (κ2) is 9.90. The fourth-order valence-electron chi connectivity index (χ4n) is 4.90. The lowest BCUT2D eigenvalue weighted by Crippen LogP contribution is -2.46. The highest BCUT2D eigenvalue weighted by atomic mass is 16.7. The molecule has 12 nitrogen and oxygen atoms in total. The van der Waals surface area contributed by atoms with Gasteiger partial charge >= 0.3 is 11.7 Å². The maximum Gasteiger partial charge on any atom is 0.353 e. The van der Waals surface area contributed by atoms with E-state index in [1.54, 1.807) is 0 Å². The number of rotatable bonds is 6. The number of carbonyl (C=O) groups is 1. The Balaban J connectivity index is 1.26. The molecule has 0 unspecified atom stereocenters. The molecule has 1 aromatic heterocycles. The second-order valence-electron chi connectivity index (χ2n) is 8.86. The van der Waals surface area contributed by atoms with Crippen molar-refractivity contribution in [3.05, 3.63) is 40.2 Å². The quantitative estimate of drug-likeness (QED) is 0.339. The van der Waals surface area contributed by atoms with Crippen LogP contribution in [0, 0.1) is 16.0 Å². The summed E-state index contributed by atoms with van der Waals surface area (Å²) in [6.07, 6.45) is 2.53. The van der Waals surface area contributed by atoms with Gasteiger partial charge < -0.3 is 24.0 Å². The van der Waals surface area contributed by atoms with Crippen LogP contribution in [-0.4, -0.2) is 78.9 Å². The van der Waals surface area contributed by atoms with E-state index < -0.39 is 4.92 Å². The van der Waals surface area contributed by atoms with Crippen LogP contribution in [0.5, 0.6) is 11.5 Å². The number of esters is 1. The molecule has 1 aromatic carbocycles. The van der Waals surface area contributed by atoms with Crippen molar-refractivity contribution in [2.45, 2.75) is 19.4 Å². The molecule has 0 atom stereocenters. The first kappa shape index (κ1) is 23.1. The molecule has 0 bridgehead atoms. The number of piperidine rings is 1. The van der Waals surface area contributed by atoms with E-state index in [4.69, 9.17) is 14.2 Å². The van der Waals surface area contributed by atoms with Crippen LogP contribution in [0.25, 0.3) is 0 Å². The number of nitrogens with zero attached hydrogens (tertiary/aromatic N) is 6. The molecule has 2 aromatic rings. The van der Waals surface area contributed by atoms with Crippen LogP contribution in [0.2, 0.25) is 0 Å². The van der Waals surface area contributed by atoms with Crippen LogP contribution in [0.1, 0.15) is 18.4 Å². The van der Waals surface area contributed by atoms with Gasteiger partial charge in [-0.05, 0) is 30.5 Å². The highest BCUT2D eigenvalue weighted by Gasteiger charge is 2.34. The van der Waals surface area contributed by atoms with Gasteiger partial charge in [0.25, 0.3) is 0 Å². The van der Waals surface area contributed by atoms with Gasteiger partial charge in [-0.2, -0.15) is 0 Å². The average Bonchev–Trinajstić information content (AvgIpc) is 3.36. The highest BCUT2D eigenvalue weighted by molar-refractivity contribution is 5.74. The minimum Gasteiger partial charge on any atom is -0.469 e. The van der Waals surface area contributed by atoms with Gasteiger partial charge in [-0.25, -0.2) is 9.97 Å². The lowest BCUT2D eigenvalue weighted by atomic mass is 9.97. The van der Waals surface area contributed by atoms with Crippen LogP contribution in [0.3, 0.4) is 0 Å². The van der Waals surface area contributed by atoms with Crippen molar-refractivity contribution in [2.24, 2.45) is 5.92 Å². The van der Waals surface area contributed by atoms with Crippen molar-refractivity contribution in [3.63, 3.8) is 0 Å². The van der Waals surface area contributed by atoms with E-state index in [0.29, 0.717) is 50.7 Å². The van der Waals surface area contributed by atoms with E-state index in [0.717, 1.165) is 36.7 Å². The number of anilines is 2. The molecule has 3 aliphatic rings. The number of hydrogen-bond acceptors (Lipinski definition) is 11. The van der Waals surface area contributed by atoms with Gasteiger partial charge in [0.15, 0.2) is 11.5 Å². The normalized spacial score (nSPS) is 18.5. The maximum atomic E-state index is 12.1. The number of piperazine rings is 1. The molecule has 0 spiro atoms. The van der Waals surface area contributed by atoms with Crippen LogP contribution in [-0.2, 0) is 16.1 Å². The zero-order valence-electron chi connectivity index (χ0n) is 19.6. The summed E-state index contributed by atoms with van der Waals surface area (Å²) in [4.78, 5) is 38.3. The highest BCUT2D eigenvalue weighted by Crippen LogP contribution is 2.37. The predicted octanol–water partition coefficient (Wildman–Crippen LogP) is 1.83. The third-order valence-electron chi connectivity index (χ3n) is 6.81. The molecule has 5 rings (SSSR count). The third kappa shape index (κ3) is 4.78. The van der Waals surface area contributed by atoms with Gasteiger partial charge in [-0.15, -0.1) is 0 Å². The van der Waals surface area contributed by atoms with Crippen LogP contribution in [0.4, 0.5) is 17.3 Å². The van der Waals surface area contributed by atoms with Gasteiger partial charge in [-0.1, -0.05) is 6.07 Å². The summed E-state index contributed by atoms with van der Waals surface area (Å²) >= 11 is 0. The molecule has 0 aliphatic carbocycles. The lowest BCUT2D eigenvalue weighted by Gasteiger charge is -2.36. The Bertz CT molecular complexity index is 1100. The molecular formula is C23H28N6O6. The lowest BCUT2D eigenvalue weighted by molar-refractivity contribution is -0.383. The first-order valence-electron chi connectivity index (χ1n) is 11.7. The number of methoxy groups -OCH3 is 1. The van der Waals surface area contributed by atoms with E-state index in [9.17, 15) is 14.9 Å². The molecule has 0 saturated carbocycles. The number of fused-ring (bicyclic) bond motifs is 1. The molecule has 0 N–H and O–H groups in total. The fourth-order valence-corrected chi connectivity index (χ4v) is 4.90. The van der Waals surface area contributed by atoms with E-state index in [2.05, 4.69) is 14.9 Å². The monoisotopic (exact) mass is 484 g/mol. The molecular weight excluding hydrogens is 456 g/mol. The number of ether oxygens (including phenoxy) is 3. The number of nitro groups is 1. The minimum absolute atomic E-state index is 0.0757. The molecule has 12 heteroatoms. The number of carbonyl (C=O) groups excluding carboxylic acids is 1. The largest absolute Gasteiger partial charge is 0.469 e. The molecule has 0 amide bonds. The summed E-state index contributed by atoms with van der Waals surface area (Å²) in [6.45, 7) is 4.74. The Kier molecular flexibility index (Phi) is 6.53. The van der Waals surface area contributed by atoms with Gasteiger partial charge in [0, 0.05) is 45.8 Å². The van der Waals surface area contributed by atoms with Crippen molar-refractivity contribution >= 4 is 23.3 Å². The molecule has 2 saturated heterocycles. The van der Waals surface area contributed by atoms with Gasteiger partial charge in [0.2, 0.25) is 18.4 Å². The standard InChI is InChI=1S/C23H28N6O6/c1-33-23(30)17-4-6-27(7-5-17)21-20(29(31)32)22(25-14-24-21)28-10-8-26(9-11-28)13-16-2-3-18-19(12-16)35-15-34-18/h2-3,12,14,17H,4-11,13,15H2,1H3. The Hall–Kier alpha value is -3.67. The first-order valence-corrected chi connectivity index (χ1v) is 11.7. The van der Waals surface area contributed by atoms with Gasteiger partial charge in [0.05, 0.1) is 18.0 Å². The fraction of sp³-hybridized carbons (Fsp3) is 0.522. The van der Waals surface area contributed by atoms with Crippen molar-refractivity contribution in [1.82, 2.24) is 14.9 Å². The Morgan fingerprint density at radius 1 is 1.06 bits per heavy atom. The van der Waals surface area contributed by atoms with Crippen molar-refractivity contribution in [3.8, 4) is 11.5 Å². The summed E-state index contributed by atoms with van der Waals surface area (Å²) in [6, 6.07) is 5.96. The first-order chi connectivity index (χ1) is 17.0. The topological polar surface area (TPSA) is 123 Å². The maximum absolute atomic E-state index is 12.1. The number of hydrogen-bond donors (Lipinski definition) is 0. The zero-order valence-corrected chi connectivity index (χ0v) is 19.6. The van der Waals surface area contributed by atoms with Gasteiger partial charge in [-0.3, -0.25) is 19.8 Å². The van der Waals surface area contributed by atoms with Crippen LogP contribution < -0.4 is 19.3 Å². The molecule has 3 aliphatic heterocycles. The summed E-state index contributed by atoms with van der Waals surface area (Å²) in [5.41, 5.74) is 1.06. The van der Waals surface area contributed by atoms with Crippen LogP contribution in [0.15, 0.2) is 24.5 Å². The van der Waals surface area contributed by atoms with E-state index in [1.165, 1.54) is 13.4 Å². The van der Waals surface area contributed by atoms with E-state index >= 15 is 0 Å². The van der Waals surface area contributed by atoms with E-state index in [1.807, 2.05) is 28.0 Å². The summed E-state index contributed by atoms with van der Waals surface area (Å²) in [5.74, 6) is 1.76. The van der Waals surface area contributed by atoms with E-state index in [-0.39, 0.29) is 24.4 Å². The molecule has 0 radical (unpaired) electrons. The Morgan fingerprint density at radius 2 is 1.71 bits per heavy atom. The number of benzene rings is 1. The summed E-state index contributed by atoms with van der Waals surface area (Å²) in [5, 5.41) is 12.1. The molecule has 2 fully saturated rings. The summed E-state index contributed by atoms with van der Waals surface area (Å²) < 4.78 is 15.7. The van der Waals surface area contributed by atoms with Crippen LogP contribution >= 0.6 is 0 Å². The predicted molar refractivity (Wildman–Crippen MR) is 126 cm³/mol. The molecule has 35 heavy (non-hydrogen) atoms. The number of aromatic nitrogens is 2. The van der Waals surface area contributed by atoms with Gasteiger partial charge in [0.1, 0.15) is 6.33 Å². The second-order valence-corrected chi connectivity index (χ2v) is 8.86. The Labute approximate surface area is 202 Å². The third-order valence-corrected chi connectivity index (χ3v) is 6.81. The minimum atomic E-state index is -0.393. The average molecular weight is 485 g/mol. The molecule has 186 valence electrons. The summed E-state index contributed by atoms with van der Waals surface area (Å²) in [7, 11) is 1.38. The smallest absolute Gasteiger partial charge is 0.353 e. The molecule has 4 heterocycles. The van der Waals surface area contributed by atoms with Crippen molar-refractivity contribution in [2.75, 3.05) is 63.0 Å². The van der Waals surface area contributed by atoms with Crippen molar-refractivity contribution in [1.29, 1.82) is 0 Å². The Morgan fingerprint density at radius 3 is 2.37 bits per heavy atom. The SMILES string of the molecule is COC(=O)C1CCN(c2ncnc(N3CCN(Cc4ccc5c(c4)OCO5)CC3)c2[N+](=O)[O-])CC1.